The fourth-order valence-electron chi connectivity index (χ4n) is 3.19. The summed E-state index contributed by atoms with van der Waals surface area (Å²) < 4.78 is 5.45. The van der Waals surface area contributed by atoms with Crippen molar-refractivity contribution < 1.29 is 14.6 Å². The average molecular weight is 346 g/mol. The number of carboxylic acid groups (broad SMARTS) is 1. The Bertz CT molecular complexity index is 956. The first kappa shape index (κ1) is 17.7. The molecule has 0 aliphatic rings. The first-order valence-electron chi connectivity index (χ1n) is 8.69. The molecular formula is C23H22O3. The SMILES string of the molecule is CCc1cccc2c(/C=C(/Cc3ccccc3)C(=O)O)cc(OC)cc12. The van der Waals surface area contributed by atoms with Gasteiger partial charge >= 0.3 is 5.97 Å². The maximum absolute atomic E-state index is 11.8. The highest BCUT2D eigenvalue weighted by atomic mass is 16.5. The molecule has 3 aromatic rings. The Kier molecular flexibility index (Phi) is 5.37. The highest BCUT2D eigenvalue weighted by Gasteiger charge is 2.12. The van der Waals surface area contributed by atoms with Gasteiger partial charge in [0.2, 0.25) is 0 Å². The summed E-state index contributed by atoms with van der Waals surface area (Å²) >= 11 is 0. The van der Waals surface area contributed by atoms with E-state index in [0.29, 0.717) is 12.0 Å². The lowest BCUT2D eigenvalue weighted by atomic mass is 9.95. The Hall–Kier alpha value is -3.07. The van der Waals surface area contributed by atoms with Gasteiger partial charge in [0.25, 0.3) is 0 Å². The Morgan fingerprint density at radius 1 is 1.04 bits per heavy atom. The van der Waals surface area contributed by atoms with E-state index in [1.165, 1.54) is 5.56 Å². The predicted molar refractivity (Wildman–Crippen MR) is 106 cm³/mol. The van der Waals surface area contributed by atoms with Gasteiger partial charge in [-0.3, -0.25) is 0 Å². The van der Waals surface area contributed by atoms with Crippen LogP contribution in [-0.2, 0) is 17.6 Å². The Morgan fingerprint density at radius 2 is 1.81 bits per heavy atom. The van der Waals surface area contributed by atoms with Crippen LogP contribution in [0.25, 0.3) is 16.8 Å². The maximum Gasteiger partial charge on any atom is 0.331 e. The molecule has 26 heavy (non-hydrogen) atoms. The normalized spacial score (nSPS) is 11.5. The van der Waals surface area contributed by atoms with Crippen LogP contribution in [0, 0.1) is 0 Å². The van der Waals surface area contributed by atoms with Gasteiger partial charge in [0, 0.05) is 12.0 Å². The minimum absolute atomic E-state index is 0.354. The van der Waals surface area contributed by atoms with Gasteiger partial charge in [-0.05, 0) is 52.1 Å². The molecule has 0 aliphatic carbocycles. The minimum atomic E-state index is -0.906. The third-order valence-electron chi connectivity index (χ3n) is 4.55. The lowest BCUT2D eigenvalue weighted by Crippen LogP contribution is -2.04. The van der Waals surface area contributed by atoms with E-state index in [0.717, 1.165) is 34.1 Å². The third-order valence-corrected chi connectivity index (χ3v) is 4.55. The second-order valence-electron chi connectivity index (χ2n) is 6.22. The summed E-state index contributed by atoms with van der Waals surface area (Å²) in [6, 6.07) is 19.7. The topological polar surface area (TPSA) is 46.5 Å². The van der Waals surface area contributed by atoms with Crippen LogP contribution in [0.2, 0.25) is 0 Å². The largest absolute Gasteiger partial charge is 0.497 e. The zero-order valence-corrected chi connectivity index (χ0v) is 15.0. The van der Waals surface area contributed by atoms with Crippen LogP contribution in [-0.4, -0.2) is 18.2 Å². The molecule has 0 aliphatic heterocycles. The van der Waals surface area contributed by atoms with E-state index >= 15 is 0 Å². The number of aliphatic carboxylic acids is 1. The molecule has 0 spiro atoms. The molecule has 0 bridgehead atoms. The van der Waals surface area contributed by atoms with Crippen molar-refractivity contribution in [1.29, 1.82) is 0 Å². The molecule has 0 unspecified atom stereocenters. The van der Waals surface area contributed by atoms with Crippen molar-refractivity contribution in [1.82, 2.24) is 0 Å². The molecule has 0 fully saturated rings. The maximum atomic E-state index is 11.8. The number of carbonyl (C=O) groups is 1. The van der Waals surface area contributed by atoms with Crippen molar-refractivity contribution in [3.8, 4) is 5.75 Å². The number of aryl methyl sites for hydroxylation is 1. The Labute approximate surface area is 153 Å². The van der Waals surface area contributed by atoms with E-state index in [1.54, 1.807) is 13.2 Å². The molecule has 0 radical (unpaired) electrons. The quantitative estimate of drug-likeness (QED) is 0.630. The lowest BCUT2D eigenvalue weighted by Gasteiger charge is -2.11. The van der Waals surface area contributed by atoms with Crippen LogP contribution in [0.15, 0.2) is 66.2 Å². The van der Waals surface area contributed by atoms with Crippen LogP contribution >= 0.6 is 0 Å². The number of hydrogen-bond donors (Lipinski definition) is 1. The first-order valence-corrected chi connectivity index (χ1v) is 8.69. The average Bonchev–Trinajstić information content (AvgIpc) is 2.67. The van der Waals surface area contributed by atoms with Crippen molar-refractivity contribution >= 4 is 22.8 Å². The number of ether oxygens (including phenoxy) is 1. The summed E-state index contributed by atoms with van der Waals surface area (Å²) in [5.41, 5.74) is 3.41. The molecule has 0 saturated heterocycles. The van der Waals surface area contributed by atoms with Crippen LogP contribution in [0.5, 0.6) is 5.75 Å². The smallest absolute Gasteiger partial charge is 0.331 e. The van der Waals surface area contributed by atoms with Crippen molar-refractivity contribution in [3.63, 3.8) is 0 Å². The monoisotopic (exact) mass is 346 g/mol. The van der Waals surface area contributed by atoms with Gasteiger partial charge in [-0.1, -0.05) is 55.5 Å². The highest BCUT2D eigenvalue weighted by molar-refractivity contribution is 5.99. The van der Waals surface area contributed by atoms with Crippen LogP contribution in [0.1, 0.15) is 23.6 Å². The molecule has 0 atom stereocenters. The second kappa shape index (κ2) is 7.87. The van der Waals surface area contributed by atoms with E-state index < -0.39 is 5.97 Å². The predicted octanol–water partition coefficient (Wildman–Crippen LogP) is 5.12. The minimum Gasteiger partial charge on any atom is -0.497 e. The van der Waals surface area contributed by atoms with E-state index in [-0.39, 0.29) is 0 Å². The lowest BCUT2D eigenvalue weighted by molar-refractivity contribution is -0.132. The second-order valence-corrected chi connectivity index (χ2v) is 6.22. The number of methoxy groups -OCH3 is 1. The zero-order chi connectivity index (χ0) is 18.5. The van der Waals surface area contributed by atoms with E-state index in [1.807, 2.05) is 54.6 Å². The van der Waals surface area contributed by atoms with Gasteiger partial charge in [-0.2, -0.15) is 0 Å². The number of hydrogen-bond acceptors (Lipinski definition) is 2. The van der Waals surface area contributed by atoms with Gasteiger partial charge < -0.3 is 9.84 Å². The molecule has 3 rings (SSSR count). The molecule has 0 aromatic heterocycles. The van der Waals surface area contributed by atoms with Crippen LogP contribution in [0.4, 0.5) is 0 Å². The van der Waals surface area contributed by atoms with Crippen molar-refractivity contribution in [2.45, 2.75) is 19.8 Å². The van der Waals surface area contributed by atoms with E-state index in [9.17, 15) is 9.90 Å². The summed E-state index contributed by atoms with van der Waals surface area (Å²) in [7, 11) is 1.63. The van der Waals surface area contributed by atoms with Gasteiger partial charge in [0.15, 0.2) is 0 Å². The van der Waals surface area contributed by atoms with Crippen molar-refractivity contribution in [2.24, 2.45) is 0 Å². The molecule has 0 amide bonds. The number of fused-ring (bicyclic) bond motifs is 1. The summed E-state index contributed by atoms with van der Waals surface area (Å²) in [6.45, 7) is 2.11. The fraction of sp³-hybridized carbons (Fsp3) is 0.174. The molecule has 132 valence electrons. The number of benzene rings is 3. The molecular weight excluding hydrogens is 324 g/mol. The molecule has 0 heterocycles. The van der Waals surface area contributed by atoms with E-state index in [4.69, 9.17) is 4.74 Å². The van der Waals surface area contributed by atoms with Gasteiger partial charge in [-0.15, -0.1) is 0 Å². The van der Waals surface area contributed by atoms with Gasteiger partial charge in [0.1, 0.15) is 5.75 Å². The highest BCUT2D eigenvalue weighted by Crippen LogP contribution is 2.30. The molecule has 3 nitrogen and oxygen atoms in total. The Morgan fingerprint density at radius 3 is 2.46 bits per heavy atom. The Balaban J connectivity index is 2.15. The molecule has 1 N–H and O–H groups in total. The first-order chi connectivity index (χ1) is 12.6. The van der Waals surface area contributed by atoms with Crippen LogP contribution < -0.4 is 4.74 Å². The third kappa shape index (κ3) is 3.77. The zero-order valence-electron chi connectivity index (χ0n) is 15.0. The standard InChI is InChI=1S/C23H22O3/c1-3-17-10-7-11-21-18(14-20(26-2)15-22(17)21)13-19(23(24)25)12-16-8-5-4-6-9-16/h4-11,13-15H,3,12H2,1-2H3,(H,24,25)/b19-13-. The summed E-state index contributed by atoms with van der Waals surface area (Å²) in [5.74, 6) is -0.175. The number of rotatable bonds is 6. The summed E-state index contributed by atoms with van der Waals surface area (Å²) in [6.07, 6.45) is 3.05. The summed E-state index contributed by atoms with van der Waals surface area (Å²) in [5, 5.41) is 11.8. The van der Waals surface area contributed by atoms with Gasteiger partial charge in [-0.25, -0.2) is 4.79 Å². The van der Waals surface area contributed by atoms with Crippen LogP contribution in [0.3, 0.4) is 0 Å². The summed E-state index contributed by atoms with van der Waals surface area (Å²) in [4.78, 5) is 11.8. The molecule has 3 aromatic carbocycles. The van der Waals surface area contributed by atoms with Crippen molar-refractivity contribution in [2.75, 3.05) is 7.11 Å². The fourth-order valence-corrected chi connectivity index (χ4v) is 3.19. The van der Waals surface area contributed by atoms with Gasteiger partial charge in [0.05, 0.1) is 7.11 Å². The molecule has 3 heteroatoms. The molecule has 0 saturated carbocycles. The number of carboxylic acids is 1. The van der Waals surface area contributed by atoms with Crippen molar-refractivity contribution in [3.05, 3.63) is 82.9 Å². The van der Waals surface area contributed by atoms with E-state index in [2.05, 4.69) is 13.0 Å².